The first-order valence-corrected chi connectivity index (χ1v) is 5.12. The minimum absolute atomic E-state index is 0.747. The summed E-state index contributed by atoms with van der Waals surface area (Å²) >= 11 is 3.44. The van der Waals surface area contributed by atoms with Crippen LogP contribution in [0.2, 0.25) is 0 Å². The average Bonchev–Trinajstić information content (AvgIpc) is 2.20. The van der Waals surface area contributed by atoms with Crippen LogP contribution in [0.15, 0.2) is 22.7 Å². The van der Waals surface area contributed by atoms with Crippen LogP contribution < -0.4 is 0 Å². The van der Waals surface area contributed by atoms with Gasteiger partial charge in [-0.05, 0) is 18.8 Å². The molecule has 0 aliphatic heterocycles. The van der Waals surface area contributed by atoms with E-state index in [1.807, 2.05) is 13.8 Å². The number of halogens is 1. The molecule has 1 rings (SSSR count). The van der Waals surface area contributed by atoms with Crippen LogP contribution in [0.5, 0.6) is 0 Å². The van der Waals surface area contributed by atoms with Gasteiger partial charge in [-0.25, -0.2) is 0 Å². The zero-order chi connectivity index (χ0) is 8.69. The summed E-state index contributed by atoms with van der Waals surface area (Å²) in [5.74, 6) is 0.747. The van der Waals surface area contributed by atoms with Crippen LogP contribution in [-0.2, 0) is 0 Å². The van der Waals surface area contributed by atoms with E-state index in [9.17, 15) is 0 Å². The second kappa shape index (κ2) is 6.66. The van der Waals surface area contributed by atoms with Gasteiger partial charge in [0, 0.05) is 4.48 Å². The standard InChI is InChI=1S/C8H11Br.C2H6/c1-7-3-2-4-8(9)6-5-7;1-2/h4-7H,2-3H2,1H3;1-2H3. The molecule has 0 spiro atoms. The van der Waals surface area contributed by atoms with Gasteiger partial charge >= 0.3 is 0 Å². The molecule has 0 saturated heterocycles. The molecule has 0 N–H and O–H groups in total. The molecule has 0 fully saturated rings. The topological polar surface area (TPSA) is 0 Å². The molecule has 0 nitrogen and oxygen atoms in total. The Hall–Kier alpha value is -0.0400. The highest BCUT2D eigenvalue weighted by Crippen LogP contribution is 2.18. The van der Waals surface area contributed by atoms with Gasteiger partial charge in [-0.2, -0.15) is 0 Å². The van der Waals surface area contributed by atoms with Crippen LogP contribution in [0.4, 0.5) is 0 Å². The van der Waals surface area contributed by atoms with Crippen molar-refractivity contribution in [1.82, 2.24) is 0 Å². The second-order valence-corrected chi connectivity index (χ2v) is 3.42. The smallest absolute Gasteiger partial charge is 0.0132 e. The molecule has 0 amide bonds. The lowest BCUT2D eigenvalue weighted by molar-refractivity contribution is 0.662. The summed E-state index contributed by atoms with van der Waals surface area (Å²) in [6, 6.07) is 0. The summed E-state index contributed by atoms with van der Waals surface area (Å²) in [7, 11) is 0. The molecular weight excluding hydrogens is 200 g/mol. The van der Waals surface area contributed by atoms with Crippen molar-refractivity contribution in [1.29, 1.82) is 0 Å². The van der Waals surface area contributed by atoms with Crippen molar-refractivity contribution in [3.8, 4) is 0 Å². The fourth-order valence-corrected chi connectivity index (χ4v) is 1.29. The molecule has 64 valence electrons. The molecule has 0 radical (unpaired) electrons. The lowest BCUT2D eigenvalue weighted by atomic mass is 10.1. The molecule has 0 heterocycles. The third kappa shape index (κ3) is 5.25. The van der Waals surface area contributed by atoms with E-state index in [0.29, 0.717) is 0 Å². The van der Waals surface area contributed by atoms with E-state index < -0.39 is 0 Å². The fraction of sp³-hybridized carbons (Fsp3) is 0.600. The quantitative estimate of drug-likeness (QED) is 0.568. The number of rotatable bonds is 0. The summed E-state index contributed by atoms with van der Waals surface area (Å²) in [6.45, 7) is 6.25. The summed E-state index contributed by atoms with van der Waals surface area (Å²) in [4.78, 5) is 0. The van der Waals surface area contributed by atoms with E-state index in [1.165, 1.54) is 17.3 Å². The maximum Gasteiger partial charge on any atom is 0.0132 e. The fourth-order valence-electron chi connectivity index (χ4n) is 0.905. The molecule has 0 aromatic heterocycles. The van der Waals surface area contributed by atoms with E-state index in [4.69, 9.17) is 0 Å². The minimum Gasteiger partial charge on any atom is -0.0806 e. The predicted octanol–water partition coefficient (Wildman–Crippen LogP) is 4.28. The Morgan fingerprint density at radius 3 is 2.73 bits per heavy atom. The molecule has 11 heavy (non-hydrogen) atoms. The third-order valence-electron chi connectivity index (χ3n) is 1.55. The Labute approximate surface area is 78.5 Å². The van der Waals surface area contributed by atoms with E-state index in [0.717, 1.165) is 5.92 Å². The molecule has 1 heteroatoms. The van der Waals surface area contributed by atoms with Crippen LogP contribution in [-0.4, -0.2) is 0 Å². The SMILES string of the molecule is CC.CC1C=CC(Br)=CCC1. The zero-order valence-corrected chi connectivity index (χ0v) is 9.19. The van der Waals surface area contributed by atoms with Gasteiger partial charge in [-0.1, -0.05) is 54.9 Å². The Morgan fingerprint density at radius 2 is 2.09 bits per heavy atom. The van der Waals surface area contributed by atoms with Crippen molar-refractivity contribution in [3.05, 3.63) is 22.7 Å². The van der Waals surface area contributed by atoms with E-state index in [1.54, 1.807) is 0 Å². The molecule has 1 aliphatic carbocycles. The largest absolute Gasteiger partial charge is 0.0806 e. The monoisotopic (exact) mass is 216 g/mol. The van der Waals surface area contributed by atoms with E-state index in [2.05, 4.69) is 41.1 Å². The maximum atomic E-state index is 3.44. The zero-order valence-electron chi connectivity index (χ0n) is 7.60. The van der Waals surface area contributed by atoms with Crippen LogP contribution in [0.1, 0.15) is 33.6 Å². The lowest BCUT2D eigenvalue weighted by Crippen LogP contribution is -1.84. The molecule has 0 bridgehead atoms. The minimum atomic E-state index is 0.747. The van der Waals surface area contributed by atoms with Gasteiger partial charge in [0.25, 0.3) is 0 Å². The first-order valence-electron chi connectivity index (χ1n) is 4.33. The van der Waals surface area contributed by atoms with Gasteiger partial charge in [0.15, 0.2) is 0 Å². The van der Waals surface area contributed by atoms with Crippen LogP contribution in [0, 0.1) is 5.92 Å². The van der Waals surface area contributed by atoms with Crippen molar-refractivity contribution in [2.45, 2.75) is 33.6 Å². The van der Waals surface area contributed by atoms with Gasteiger partial charge in [0.2, 0.25) is 0 Å². The Balaban J connectivity index is 0.000000461. The van der Waals surface area contributed by atoms with Crippen molar-refractivity contribution in [2.24, 2.45) is 5.92 Å². The van der Waals surface area contributed by atoms with E-state index >= 15 is 0 Å². The predicted molar refractivity (Wildman–Crippen MR) is 55.9 cm³/mol. The van der Waals surface area contributed by atoms with Crippen molar-refractivity contribution in [3.63, 3.8) is 0 Å². The third-order valence-corrected chi connectivity index (χ3v) is 2.13. The Morgan fingerprint density at radius 1 is 1.45 bits per heavy atom. The molecule has 0 aromatic rings. The highest BCUT2D eigenvalue weighted by atomic mass is 79.9. The maximum absolute atomic E-state index is 3.44. The van der Waals surface area contributed by atoms with Gasteiger partial charge < -0.3 is 0 Å². The summed E-state index contributed by atoms with van der Waals surface area (Å²) < 4.78 is 1.23. The molecule has 1 unspecified atom stereocenters. The summed E-state index contributed by atoms with van der Waals surface area (Å²) in [6.07, 6.45) is 9.09. The highest BCUT2D eigenvalue weighted by molar-refractivity contribution is 9.11. The van der Waals surface area contributed by atoms with Gasteiger partial charge in [0.1, 0.15) is 0 Å². The molecule has 0 aromatic carbocycles. The molecular formula is C10H17Br. The number of allylic oxidation sites excluding steroid dienone is 4. The van der Waals surface area contributed by atoms with Crippen molar-refractivity contribution < 1.29 is 0 Å². The number of hydrogen-bond acceptors (Lipinski definition) is 0. The first-order chi connectivity index (χ1) is 5.29. The molecule has 1 atom stereocenters. The van der Waals surface area contributed by atoms with E-state index in [-0.39, 0.29) is 0 Å². The van der Waals surface area contributed by atoms with Crippen molar-refractivity contribution in [2.75, 3.05) is 0 Å². The van der Waals surface area contributed by atoms with Crippen LogP contribution in [0.3, 0.4) is 0 Å². The number of hydrogen-bond donors (Lipinski definition) is 0. The lowest BCUT2D eigenvalue weighted by Gasteiger charge is -1.97. The first kappa shape index (κ1) is 11.0. The second-order valence-electron chi connectivity index (χ2n) is 2.50. The molecule has 0 saturated carbocycles. The molecule has 1 aliphatic rings. The Bertz CT molecular complexity index is 145. The van der Waals surface area contributed by atoms with Gasteiger partial charge in [-0.15, -0.1) is 0 Å². The normalized spacial score (nSPS) is 22.9. The van der Waals surface area contributed by atoms with Crippen molar-refractivity contribution >= 4 is 15.9 Å². The average molecular weight is 217 g/mol. The Kier molecular flexibility index (Phi) is 6.63. The summed E-state index contributed by atoms with van der Waals surface area (Å²) in [5.41, 5.74) is 0. The van der Waals surface area contributed by atoms with Gasteiger partial charge in [-0.3, -0.25) is 0 Å². The van der Waals surface area contributed by atoms with Crippen LogP contribution in [0.25, 0.3) is 0 Å². The summed E-state index contributed by atoms with van der Waals surface area (Å²) in [5, 5.41) is 0. The van der Waals surface area contributed by atoms with Gasteiger partial charge in [0.05, 0.1) is 0 Å². The van der Waals surface area contributed by atoms with Crippen LogP contribution >= 0.6 is 15.9 Å². The highest BCUT2D eigenvalue weighted by Gasteiger charge is 1.98.